The van der Waals surface area contributed by atoms with Gasteiger partial charge < -0.3 is 4.57 Å². The summed E-state index contributed by atoms with van der Waals surface area (Å²) in [6.45, 7) is 0. The second-order valence-corrected chi connectivity index (χ2v) is 4.26. The molecule has 0 saturated heterocycles. The van der Waals surface area contributed by atoms with Gasteiger partial charge in [-0.15, -0.1) is 0 Å². The van der Waals surface area contributed by atoms with Gasteiger partial charge in [-0.2, -0.15) is 10.4 Å². The molecule has 5 heteroatoms. The minimum atomic E-state index is 0.644. The van der Waals surface area contributed by atoms with E-state index in [0.717, 1.165) is 22.2 Å². The number of nitrogens with zero attached hydrogens (tertiary/aromatic N) is 5. The minimum Gasteiger partial charge on any atom is -0.334 e. The van der Waals surface area contributed by atoms with E-state index in [0.29, 0.717) is 5.56 Å². The van der Waals surface area contributed by atoms with Crippen LogP contribution in [0.2, 0.25) is 0 Å². The van der Waals surface area contributed by atoms with Crippen molar-refractivity contribution in [2.45, 2.75) is 0 Å². The first-order chi connectivity index (χ1) is 8.69. The summed E-state index contributed by atoms with van der Waals surface area (Å²) in [6.07, 6.45) is 7.32. The second-order valence-electron chi connectivity index (χ2n) is 4.26. The molecule has 0 saturated carbocycles. The molecule has 0 radical (unpaired) electrons. The maximum atomic E-state index is 9.11. The van der Waals surface area contributed by atoms with Gasteiger partial charge in [0.25, 0.3) is 0 Å². The molecule has 0 spiro atoms. The Kier molecular flexibility index (Phi) is 2.17. The first kappa shape index (κ1) is 10.5. The molecule has 0 fully saturated rings. The normalized spacial score (nSPS) is 10.7. The number of aromatic nitrogens is 4. The molecule has 0 bridgehead atoms. The highest BCUT2D eigenvalue weighted by Gasteiger charge is 2.09. The zero-order valence-electron chi connectivity index (χ0n) is 10.1. The smallest absolute Gasteiger partial charge is 0.140 e. The highest BCUT2D eigenvalue weighted by molar-refractivity contribution is 5.87. The van der Waals surface area contributed by atoms with Crippen LogP contribution in [0.5, 0.6) is 0 Å². The molecule has 3 aromatic rings. The molecule has 5 nitrogen and oxygen atoms in total. The van der Waals surface area contributed by atoms with Crippen LogP contribution in [-0.2, 0) is 14.1 Å². The summed E-state index contributed by atoms with van der Waals surface area (Å²) < 4.78 is 3.61. The van der Waals surface area contributed by atoms with Gasteiger partial charge in [0.05, 0.1) is 11.8 Å². The number of hydrogen-bond donors (Lipinski definition) is 0. The molecule has 0 aliphatic heterocycles. The highest BCUT2D eigenvalue weighted by atomic mass is 15.2. The van der Waals surface area contributed by atoms with E-state index in [-0.39, 0.29) is 0 Å². The van der Waals surface area contributed by atoms with E-state index in [4.69, 9.17) is 5.26 Å². The van der Waals surface area contributed by atoms with Crippen LogP contribution in [0.15, 0.2) is 30.9 Å². The van der Waals surface area contributed by atoms with Gasteiger partial charge in [0.1, 0.15) is 11.7 Å². The first-order valence-corrected chi connectivity index (χ1v) is 5.53. The summed E-state index contributed by atoms with van der Waals surface area (Å²) in [6, 6.07) is 4.18. The number of fused-ring (bicyclic) bond motifs is 1. The van der Waals surface area contributed by atoms with Crippen LogP contribution in [0.3, 0.4) is 0 Å². The van der Waals surface area contributed by atoms with Crippen molar-refractivity contribution in [3.8, 4) is 17.2 Å². The van der Waals surface area contributed by atoms with Gasteiger partial charge in [-0.3, -0.25) is 4.68 Å². The number of aryl methyl sites for hydroxylation is 2. The predicted molar refractivity (Wildman–Crippen MR) is 67.6 cm³/mol. The molecule has 0 N–H and O–H groups in total. The zero-order valence-corrected chi connectivity index (χ0v) is 10.1. The van der Waals surface area contributed by atoms with Crippen LogP contribution in [0.25, 0.3) is 22.2 Å². The summed E-state index contributed by atoms with van der Waals surface area (Å²) in [4.78, 5) is 4.41. The predicted octanol–water partition coefficient (Wildman–Crippen LogP) is 1.85. The fourth-order valence-electron chi connectivity index (χ4n) is 2.08. The van der Waals surface area contributed by atoms with Crippen molar-refractivity contribution in [1.82, 2.24) is 19.3 Å². The number of pyridine rings is 1. The minimum absolute atomic E-state index is 0.644. The summed E-state index contributed by atoms with van der Waals surface area (Å²) in [5, 5.41) is 14.1. The molecule has 0 unspecified atom stereocenters. The Hall–Kier alpha value is -2.61. The van der Waals surface area contributed by atoms with Crippen LogP contribution in [0.4, 0.5) is 0 Å². The topological polar surface area (TPSA) is 59.4 Å². The SMILES string of the molecule is Cn1cc(-c2cnc3c(c2)c(C#N)cn3C)cn1. The lowest BCUT2D eigenvalue weighted by molar-refractivity contribution is 0.768. The Balaban J connectivity index is 2.25. The molecule has 0 atom stereocenters. The van der Waals surface area contributed by atoms with E-state index in [1.54, 1.807) is 23.3 Å². The summed E-state index contributed by atoms with van der Waals surface area (Å²) in [5.74, 6) is 0. The molecule has 0 aliphatic rings. The largest absolute Gasteiger partial charge is 0.334 e. The van der Waals surface area contributed by atoms with Crippen LogP contribution in [0.1, 0.15) is 5.56 Å². The Morgan fingerprint density at radius 2 is 2.00 bits per heavy atom. The third-order valence-corrected chi connectivity index (χ3v) is 2.97. The van der Waals surface area contributed by atoms with E-state index < -0.39 is 0 Å². The molecule has 3 aromatic heterocycles. The van der Waals surface area contributed by atoms with Crippen LogP contribution in [0, 0.1) is 11.3 Å². The van der Waals surface area contributed by atoms with Gasteiger partial charge in [0.15, 0.2) is 0 Å². The lowest BCUT2D eigenvalue weighted by Crippen LogP contribution is -1.87. The molecule has 3 heterocycles. The first-order valence-electron chi connectivity index (χ1n) is 5.53. The fourth-order valence-corrected chi connectivity index (χ4v) is 2.08. The van der Waals surface area contributed by atoms with Gasteiger partial charge in [-0.05, 0) is 6.07 Å². The lowest BCUT2D eigenvalue weighted by atomic mass is 10.1. The highest BCUT2D eigenvalue weighted by Crippen LogP contribution is 2.24. The average molecular weight is 237 g/mol. The molecule has 18 heavy (non-hydrogen) atoms. The Bertz CT molecular complexity index is 772. The maximum Gasteiger partial charge on any atom is 0.140 e. The Morgan fingerprint density at radius 3 is 2.67 bits per heavy atom. The van der Waals surface area contributed by atoms with Gasteiger partial charge in [-0.1, -0.05) is 0 Å². The standard InChI is InChI=1S/C13H11N5/c1-17-7-10(4-14)12-3-9(5-15-13(12)17)11-6-16-18(2)8-11/h3,5-8H,1-2H3. The summed E-state index contributed by atoms with van der Waals surface area (Å²) >= 11 is 0. The van der Waals surface area contributed by atoms with E-state index in [2.05, 4.69) is 16.2 Å². The molecule has 0 aliphatic carbocycles. The van der Waals surface area contributed by atoms with Crippen molar-refractivity contribution in [3.05, 3.63) is 36.4 Å². The Labute approximate surface area is 104 Å². The van der Waals surface area contributed by atoms with Crippen molar-refractivity contribution in [2.75, 3.05) is 0 Å². The van der Waals surface area contributed by atoms with Gasteiger partial charge in [-0.25, -0.2) is 4.98 Å². The van der Waals surface area contributed by atoms with Gasteiger partial charge in [0, 0.05) is 49.2 Å². The lowest BCUT2D eigenvalue weighted by Gasteiger charge is -1.98. The van der Waals surface area contributed by atoms with E-state index in [9.17, 15) is 0 Å². The molecule has 3 rings (SSSR count). The van der Waals surface area contributed by atoms with Crippen molar-refractivity contribution in [3.63, 3.8) is 0 Å². The fraction of sp³-hybridized carbons (Fsp3) is 0.154. The number of rotatable bonds is 1. The van der Waals surface area contributed by atoms with Gasteiger partial charge >= 0.3 is 0 Å². The molecule has 88 valence electrons. The molecule has 0 amide bonds. The molecule has 0 aromatic carbocycles. The number of hydrogen-bond acceptors (Lipinski definition) is 3. The maximum absolute atomic E-state index is 9.11. The van der Waals surface area contributed by atoms with Crippen LogP contribution in [-0.4, -0.2) is 19.3 Å². The van der Waals surface area contributed by atoms with Crippen LogP contribution >= 0.6 is 0 Å². The van der Waals surface area contributed by atoms with Crippen LogP contribution < -0.4 is 0 Å². The molecular weight excluding hydrogens is 226 g/mol. The van der Waals surface area contributed by atoms with E-state index in [1.807, 2.05) is 30.9 Å². The third-order valence-electron chi connectivity index (χ3n) is 2.97. The van der Waals surface area contributed by atoms with Crippen molar-refractivity contribution in [2.24, 2.45) is 14.1 Å². The second kappa shape index (κ2) is 3.70. The zero-order chi connectivity index (χ0) is 12.7. The third kappa shape index (κ3) is 1.47. The summed E-state index contributed by atoms with van der Waals surface area (Å²) in [5.41, 5.74) is 3.43. The monoisotopic (exact) mass is 237 g/mol. The molecular formula is C13H11N5. The quantitative estimate of drug-likeness (QED) is 0.649. The average Bonchev–Trinajstić information content (AvgIpc) is 2.93. The van der Waals surface area contributed by atoms with Gasteiger partial charge in [0.2, 0.25) is 0 Å². The Morgan fingerprint density at radius 1 is 1.17 bits per heavy atom. The van der Waals surface area contributed by atoms with Crippen molar-refractivity contribution in [1.29, 1.82) is 5.26 Å². The number of nitriles is 1. The van der Waals surface area contributed by atoms with E-state index >= 15 is 0 Å². The van der Waals surface area contributed by atoms with Crippen molar-refractivity contribution >= 4 is 11.0 Å². The van der Waals surface area contributed by atoms with Crippen molar-refractivity contribution < 1.29 is 0 Å². The van der Waals surface area contributed by atoms with E-state index in [1.165, 1.54) is 0 Å². The summed E-state index contributed by atoms with van der Waals surface area (Å²) in [7, 11) is 3.76.